The number of pyridine rings is 2. The van der Waals surface area contributed by atoms with Crippen LogP contribution in [0.2, 0.25) is 0 Å². The molecule has 0 spiro atoms. The van der Waals surface area contributed by atoms with Gasteiger partial charge in [-0.2, -0.15) is 0 Å². The average molecular weight is 292 g/mol. The highest BCUT2D eigenvalue weighted by Gasteiger charge is 2.23. The fourth-order valence-corrected chi connectivity index (χ4v) is 3.42. The first-order valence-electron chi connectivity index (χ1n) is 7.95. The minimum absolute atomic E-state index is 0.540. The molecule has 2 atom stereocenters. The van der Waals surface area contributed by atoms with Gasteiger partial charge in [-0.1, -0.05) is 13.0 Å². The molecule has 2 N–H and O–H groups in total. The molecule has 3 aromatic heterocycles. The molecule has 3 heterocycles. The summed E-state index contributed by atoms with van der Waals surface area (Å²) in [4.78, 5) is 12.2. The van der Waals surface area contributed by atoms with Crippen LogP contribution < -0.4 is 5.32 Å². The van der Waals surface area contributed by atoms with Gasteiger partial charge in [-0.15, -0.1) is 0 Å². The second-order valence-corrected chi connectivity index (χ2v) is 6.26. The zero-order valence-corrected chi connectivity index (χ0v) is 12.7. The van der Waals surface area contributed by atoms with Crippen LogP contribution in [0.15, 0.2) is 42.9 Å². The Morgan fingerprint density at radius 1 is 1.18 bits per heavy atom. The van der Waals surface area contributed by atoms with Crippen molar-refractivity contribution in [3.05, 3.63) is 42.9 Å². The van der Waals surface area contributed by atoms with Crippen LogP contribution >= 0.6 is 0 Å². The van der Waals surface area contributed by atoms with Crippen molar-refractivity contribution in [3.63, 3.8) is 0 Å². The molecule has 0 saturated heterocycles. The lowest BCUT2D eigenvalue weighted by atomic mass is 10.1. The van der Waals surface area contributed by atoms with Gasteiger partial charge in [0.2, 0.25) is 0 Å². The first-order chi connectivity index (χ1) is 10.8. The van der Waals surface area contributed by atoms with Crippen LogP contribution in [0.4, 0.5) is 5.69 Å². The molecule has 1 saturated carbocycles. The van der Waals surface area contributed by atoms with Gasteiger partial charge in [0, 0.05) is 35.6 Å². The third-order valence-corrected chi connectivity index (χ3v) is 4.57. The SMILES string of the molecule is C[C@H]1CC[C@@H](Nc2c(-c3ccccn3)cnc3[nH]ccc23)C1. The highest BCUT2D eigenvalue weighted by molar-refractivity contribution is 5.97. The molecule has 4 rings (SSSR count). The van der Waals surface area contributed by atoms with E-state index in [4.69, 9.17) is 0 Å². The minimum atomic E-state index is 0.540. The standard InChI is InChI=1S/C18H20N4/c1-12-5-6-13(10-12)22-17-14-7-9-20-18(14)21-11-15(17)16-4-2-3-8-19-16/h2-4,7-9,11-13H,5-6,10H2,1H3,(H2,20,21,22)/t12-,13+/m0/s1. The molecule has 3 aromatic rings. The van der Waals surface area contributed by atoms with Crippen LogP contribution in [0.3, 0.4) is 0 Å². The first-order valence-corrected chi connectivity index (χ1v) is 7.95. The predicted molar refractivity (Wildman–Crippen MR) is 89.8 cm³/mol. The van der Waals surface area contributed by atoms with E-state index in [1.165, 1.54) is 19.3 Å². The Morgan fingerprint density at radius 2 is 2.14 bits per heavy atom. The highest BCUT2D eigenvalue weighted by atomic mass is 15.0. The van der Waals surface area contributed by atoms with Crippen molar-refractivity contribution in [3.8, 4) is 11.3 Å². The third-order valence-electron chi connectivity index (χ3n) is 4.57. The Kier molecular flexibility index (Phi) is 3.29. The van der Waals surface area contributed by atoms with Crippen molar-refractivity contribution in [1.29, 1.82) is 0 Å². The molecule has 1 aliphatic rings. The summed E-state index contributed by atoms with van der Waals surface area (Å²) in [5.41, 5.74) is 4.12. The zero-order chi connectivity index (χ0) is 14.9. The monoisotopic (exact) mass is 292 g/mol. The lowest BCUT2D eigenvalue weighted by molar-refractivity contribution is 0.603. The van der Waals surface area contributed by atoms with Gasteiger partial charge in [0.25, 0.3) is 0 Å². The van der Waals surface area contributed by atoms with E-state index < -0.39 is 0 Å². The van der Waals surface area contributed by atoms with E-state index in [9.17, 15) is 0 Å². The minimum Gasteiger partial charge on any atom is -0.381 e. The second kappa shape index (κ2) is 5.44. The Hall–Kier alpha value is -2.36. The summed E-state index contributed by atoms with van der Waals surface area (Å²) in [5, 5.41) is 4.91. The molecule has 1 fully saturated rings. The summed E-state index contributed by atoms with van der Waals surface area (Å²) in [6.07, 6.45) is 9.47. The molecular formula is C18H20N4. The van der Waals surface area contributed by atoms with E-state index in [1.54, 1.807) is 0 Å². The number of hydrogen-bond acceptors (Lipinski definition) is 3. The molecular weight excluding hydrogens is 272 g/mol. The molecule has 112 valence electrons. The number of rotatable bonds is 3. The smallest absolute Gasteiger partial charge is 0.139 e. The van der Waals surface area contributed by atoms with E-state index in [1.807, 2.05) is 36.8 Å². The normalized spacial score (nSPS) is 21.3. The van der Waals surface area contributed by atoms with E-state index >= 15 is 0 Å². The summed E-state index contributed by atoms with van der Waals surface area (Å²) in [6, 6.07) is 8.63. The van der Waals surface area contributed by atoms with Crippen molar-refractivity contribution < 1.29 is 0 Å². The number of fused-ring (bicyclic) bond motifs is 1. The maximum atomic E-state index is 4.53. The molecule has 4 heteroatoms. The predicted octanol–water partition coefficient (Wildman–Crippen LogP) is 4.23. The van der Waals surface area contributed by atoms with Gasteiger partial charge in [0.05, 0.1) is 11.4 Å². The molecule has 0 amide bonds. The number of nitrogens with one attached hydrogen (secondary N) is 2. The molecule has 0 unspecified atom stereocenters. The van der Waals surface area contributed by atoms with Crippen LogP contribution in [0.25, 0.3) is 22.3 Å². The quantitative estimate of drug-likeness (QED) is 0.759. The fourth-order valence-electron chi connectivity index (χ4n) is 3.42. The Morgan fingerprint density at radius 3 is 2.91 bits per heavy atom. The van der Waals surface area contributed by atoms with Crippen molar-refractivity contribution in [1.82, 2.24) is 15.0 Å². The van der Waals surface area contributed by atoms with Gasteiger partial charge in [-0.25, -0.2) is 4.98 Å². The molecule has 1 aliphatic carbocycles. The Labute approximate surface area is 130 Å². The van der Waals surface area contributed by atoms with Gasteiger partial charge in [-0.3, -0.25) is 4.98 Å². The van der Waals surface area contributed by atoms with E-state index in [2.05, 4.69) is 33.3 Å². The average Bonchev–Trinajstić information content (AvgIpc) is 3.17. The molecule has 0 bridgehead atoms. The van der Waals surface area contributed by atoms with Crippen LogP contribution in [0.5, 0.6) is 0 Å². The van der Waals surface area contributed by atoms with Crippen molar-refractivity contribution in [2.24, 2.45) is 5.92 Å². The molecule has 0 radical (unpaired) electrons. The Balaban J connectivity index is 1.80. The summed E-state index contributed by atoms with van der Waals surface area (Å²) in [6.45, 7) is 2.33. The maximum absolute atomic E-state index is 4.53. The van der Waals surface area contributed by atoms with Crippen molar-refractivity contribution in [2.75, 3.05) is 5.32 Å². The van der Waals surface area contributed by atoms with Crippen LogP contribution in [-0.4, -0.2) is 21.0 Å². The summed E-state index contributed by atoms with van der Waals surface area (Å²) in [5.74, 6) is 0.805. The number of aromatic amines is 1. The van der Waals surface area contributed by atoms with Gasteiger partial charge < -0.3 is 10.3 Å². The number of aromatic nitrogens is 3. The van der Waals surface area contributed by atoms with Gasteiger partial charge in [-0.05, 0) is 43.4 Å². The van der Waals surface area contributed by atoms with E-state index in [-0.39, 0.29) is 0 Å². The van der Waals surface area contributed by atoms with Crippen molar-refractivity contribution in [2.45, 2.75) is 32.2 Å². The largest absolute Gasteiger partial charge is 0.381 e. The first kappa shape index (κ1) is 13.3. The van der Waals surface area contributed by atoms with Crippen LogP contribution in [-0.2, 0) is 0 Å². The van der Waals surface area contributed by atoms with Crippen LogP contribution in [0.1, 0.15) is 26.2 Å². The molecule has 0 aliphatic heterocycles. The van der Waals surface area contributed by atoms with E-state index in [0.717, 1.165) is 33.9 Å². The number of nitrogens with zero attached hydrogens (tertiary/aromatic N) is 2. The lowest BCUT2D eigenvalue weighted by Gasteiger charge is -2.18. The fraction of sp³-hybridized carbons (Fsp3) is 0.333. The summed E-state index contributed by atoms with van der Waals surface area (Å²) < 4.78 is 0. The number of hydrogen-bond donors (Lipinski definition) is 2. The second-order valence-electron chi connectivity index (χ2n) is 6.26. The topological polar surface area (TPSA) is 53.6 Å². The maximum Gasteiger partial charge on any atom is 0.139 e. The zero-order valence-electron chi connectivity index (χ0n) is 12.7. The third kappa shape index (κ3) is 2.34. The van der Waals surface area contributed by atoms with Crippen molar-refractivity contribution >= 4 is 16.7 Å². The highest BCUT2D eigenvalue weighted by Crippen LogP contribution is 2.35. The van der Waals surface area contributed by atoms with Crippen LogP contribution in [0, 0.1) is 5.92 Å². The van der Waals surface area contributed by atoms with Gasteiger partial charge in [0.1, 0.15) is 5.65 Å². The summed E-state index contributed by atoms with van der Waals surface area (Å²) >= 11 is 0. The molecule has 22 heavy (non-hydrogen) atoms. The van der Waals surface area contributed by atoms with Gasteiger partial charge >= 0.3 is 0 Å². The summed E-state index contributed by atoms with van der Waals surface area (Å²) in [7, 11) is 0. The molecule has 4 nitrogen and oxygen atoms in total. The lowest BCUT2D eigenvalue weighted by Crippen LogP contribution is -2.16. The van der Waals surface area contributed by atoms with E-state index in [0.29, 0.717) is 6.04 Å². The number of anilines is 1. The van der Waals surface area contributed by atoms with Gasteiger partial charge in [0.15, 0.2) is 0 Å². The number of H-pyrrole nitrogens is 1. The molecule has 0 aromatic carbocycles. The Bertz CT molecular complexity index is 778.